The molecule has 0 unspecified atom stereocenters. The molecule has 0 saturated heterocycles. The first-order valence-corrected chi connectivity index (χ1v) is 5.81. The van der Waals surface area contributed by atoms with Gasteiger partial charge in [-0.15, -0.1) is 0 Å². The van der Waals surface area contributed by atoms with Gasteiger partial charge in [-0.05, 0) is 6.07 Å². The van der Waals surface area contributed by atoms with Crippen molar-refractivity contribution in [2.45, 2.75) is 0 Å². The van der Waals surface area contributed by atoms with Gasteiger partial charge in [0.1, 0.15) is 18.4 Å². The van der Waals surface area contributed by atoms with Crippen molar-refractivity contribution < 1.29 is 23.8 Å². The summed E-state index contributed by atoms with van der Waals surface area (Å²) in [6, 6.07) is 3.23. The van der Waals surface area contributed by atoms with Crippen LogP contribution >= 0.6 is 0 Å². The van der Waals surface area contributed by atoms with E-state index < -0.39 is 11.9 Å². The lowest BCUT2D eigenvalue weighted by molar-refractivity contribution is -0.139. The Balaban J connectivity index is 3.27. The van der Waals surface area contributed by atoms with Crippen molar-refractivity contribution in [3.63, 3.8) is 0 Å². The first-order chi connectivity index (χ1) is 10.1. The van der Waals surface area contributed by atoms with Crippen molar-refractivity contribution in [3.8, 4) is 6.07 Å². The lowest BCUT2D eigenvalue weighted by Gasteiger charge is -2.08. The number of methoxy groups -OCH3 is 2. The summed E-state index contributed by atoms with van der Waals surface area (Å²) < 4.78 is 15.6. The summed E-state index contributed by atoms with van der Waals surface area (Å²) in [5, 5.41) is 8.89. The van der Waals surface area contributed by atoms with Crippen LogP contribution in [0.1, 0.15) is 16.1 Å². The summed E-state index contributed by atoms with van der Waals surface area (Å²) in [4.78, 5) is 23.2. The maximum absolute atomic E-state index is 11.6. The van der Waals surface area contributed by atoms with E-state index >= 15 is 0 Å². The standard InChI is InChI=1S/C14H14N2O5/c1-4-5-21-12(14(18)20-3)9-16-8-10(7-15)6-11(16)13(17)19-2/h4,6,8-9H,1,5H2,2-3H3/b12-9-. The summed E-state index contributed by atoms with van der Waals surface area (Å²) in [6.45, 7) is 3.56. The van der Waals surface area contributed by atoms with Crippen LogP contribution < -0.4 is 0 Å². The smallest absolute Gasteiger partial charge is 0.374 e. The van der Waals surface area contributed by atoms with Crippen LogP contribution in [0.2, 0.25) is 0 Å². The average molecular weight is 290 g/mol. The lowest BCUT2D eigenvalue weighted by Crippen LogP contribution is -2.12. The van der Waals surface area contributed by atoms with Crippen LogP contribution in [0.15, 0.2) is 30.7 Å². The van der Waals surface area contributed by atoms with E-state index in [1.807, 2.05) is 6.07 Å². The van der Waals surface area contributed by atoms with Crippen LogP contribution in [-0.4, -0.2) is 37.3 Å². The lowest BCUT2D eigenvalue weighted by atomic mass is 10.3. The van der Waals surface area contributed by atoms with Crippen molar-refractivity contribution in [1.82, 2.24) is 4.57 Å². The summed E-state index contributed by atoms with van der Waals surface area (Å²) in [7, 11) is 2.41. The first kappa shape index (κ1) is 16.0. The van der Waals surface area contributed by atoms with E-state index in [0.717, 1.165) is 0 Å². The van der Waals surface area contributed by atoms with Crippen molar-refractivity contribution in [2.24, 2.45) is 0 Å². The second-order valence-electron chi connectivity index (χ2n) is 3.71. The van der Waals surface area contributed by atoms with Crippen LogP contribution in [0.5, 0.6) is 0 Å². The predicted octanol–water partition coefficient (Wildman–Crippen LogP) is 1.32. The highest BCUT2D eigenvalue weighted by molar-refractivity contribution is 5.92. The van der Waals surface area contributed by atoms with Gasteiger partial charge < -0.3 is 18.8 Å². The van der Waals surface area contributed by atoms with E-state index in [0.29, 0.717) is 0 Å². The number of hydrogen-bond acceptors (Lipinski definition) is 6. The zero-order chi connectivity index (χ0) is 15.8. The van der Waals surface area contributed by atoms with Crippen LogP contribution in [0.4, 0.5) is 0 Å². The van der Waals surface area contributed by atoms with Crippen molar-refractivity contribution in [1.29, 1.82) is 5.26 Å². The summed E-state index contributed by atoms with van der Waals surface area (Å²) in [6.07, 6.45) is 4.06. The Morgan fingerprint density at radius 1 is 1.43 bits per heavy atom. The highest BCUT2D eigenvalue weighted by Gasteiger charge is 2.17. The molecule has 0 amide bonds. The molecule has 0 aliphatic carbocycles. The maximum Gasteiger partial charge on any atom is 0.374 e. The number of aromatic nitrogens is 1. The van der Waals surface area contributed by atoms with Gasteiger partial charge in [0.25, 0.3) is 0 Å². The van der Waals surface area contributed by atoms with Crippen molar-refractivity contribution >= 4 is 18.1 Å². The molecule has 1 rings (SSSR count). The minimum absolute atomic E-state index is 0.0812. The molecule has 0 bridgehead atoms. The Hall–Kier alpha value is -3.01. The van der Waals surface area contributed by atoms with Crippen LogP contribution in [0, 0.1) is 11.3 Å². The molecule has 7 nitrogen and oxygen atoms in total. The topological polar surface area (TPSA) is 90.5 Å². The SMILES string of the molecule is C=CCO/C(=C\n1cc(C#N)cc1C(=O)OC)C(=O)OC. The highest BCUT2D eigenvalue weighted by Crippen LogP contribution is 2.13. The third kappa shape index (κ3) is 3.98. The molecule has 0 spiro atoms. The second kappa shape index (κ2) is 7.55. The fourth-order valence-corrected chi connectivity index (χ4v) is 1.44. The number of hydrogen-bond donors (Lipinski definition) is 0. The maximum atomic E-state index is 11.6. The quantitative estimate of drug-likeness (QED) is 0.339. The molecule has 1 heterocycles. The number of nitrogens with zero attached hydrogens (tertiary/aromatic N) is 2. The molecule has 0 fully saturated rings. The molecule has 0 radical (unpaired) electrons. The Kier molecular flexibility index (Phi) is 5.77. The molecule has 0 aromatic carbocycles. The fourth-order valence-electron chi connectivity index (χ4n) is 1.44. The molecule has 1 aromatic rings. The summed E-state index contributed by atoms with van der Waals surface area (Å²) in [5.41, 5.74) is 0.317. The van der Waals surface area contributed by atoms with E-state index in [1.54, 1.807) is 0 Å². The third-order valence-electron chi connectivity index (χ3n) is 2.37. The number of nitriles is 1. The molecule has 0 atom stereocenters. The van der Waals surface area contributed by atoms with Crippen LogP contribution in [-0.2, 0) is 19.0 Å². The zero-order valence-electron chi connectivity index (χ0n) is 11.7. The van der Waals surface area contributed by atoms with Gasteiger partial charge in [-0.2, -0.15) is 5.26 Å². The molecular weight excluding hydrogens is 276 g/mol. The number of carbonyl (C=O) groups excluding carboxylic acids is 2. The van der Waals surface area contributed by atoms with Gasteiger partial charge >= 0.3 is 11.9 Å². The third-order valence-corrected chi connectivity index (χ3v) is 2.37. The second-order valence-corrected chi connectivity index (χ2v) is 3.71. The molecule has 21 heavy (non-hydrogen) atoms. The van der Waals surface area contributed by atoms with E-state index in [1.165, 1.54) is 43.3 Å². The molecule has 0 N–H and O–H groups in total. The van der Waals surface area contributed by atoms with Gasteiger partial charge in [0.2, 0.25) is 5.76 Å². The van der Waals surface area contributed by atoms with Gasteiger partial charge in [0.05, 0.1) is 26.0 Å². The first-order valence-electron chi connectivity index (χ1n) is 5.81. The number of ether oxygens (including phenoxy) is 3. The van der Waals surface area contributed by atoms with Gasteiger partial charge in [-0.3, -0.25) is 0 Å². The Bertz CT molecular complexity index is 622. The summed E-state index contributed by atoms with van der Waals surface area (Å²) in [5.74, 6) is -1.51. The molecule has 110 valence electrons. The van der Waals surface area contributed by atoms with E-state index in [4.69, 9.17) is 10.00 Å². The molecule has 0 aliphatic rings. The number of carbonyl (C=O) groups is 2. The minimum Gasteiger partial charge on any atom is -0.481 e. The summed E-state index contributed by atoms with van der Waals surface area (Å²) >= 11 is 0. The normalized spacial score (nSPS) is 10.4. The Labute approximate surface area is 121 Å². The Morgan fingerprint density at radius 3 is 2.67 bits per heavy atom. The molecular formula is C14H14N2O5. The monoisotopic (exact) mass is 290 g/mol. The van der Waals surface area contributed by atoms with Crippen molar-refractivity contribution in [3.05, 3.63) is 41.9 Å². The van der Waals surface area contributed by atoms with Crippen LogP contribution in [0.25, 0.3) is 6.20 Å². The molecule has 0 saturated carbocycles. The largest absolute Gasteiger partial charge is 0.481 e. The van der Waals surface area contributed by atoms with Crippen molar-refractivity contribution in [2.75, 3.05) is 20.8 Å². The number of esters is 2. The molecule has 7 heteroatoms. The van der Waals surface area contributed by atoms with E-state index in [-0.39, 0.29) is 23.6 Å². The van der Waals surface area contributed by atoms with E-state index in [2.05, 4.69) is 16.1 Å². The fraction of sp³-hybridized carbons (Fsp3) is 0.214. The highest BCUT2D eigenvalue weighted by atomic mass is 16.6. The minimum atomic E-state index is -0.722. The Morgan fingerprint density at radius 2 is 2.14 bits per heavy atom. The van der Waals surface area contributed by atoms with Gasteiger partial charge in [-0.25, -0.2) is 9.59 Å². The average Bonchev–Trinajstić information content (AvgIpc) is 2.92. The number of rotatable bonds is 6. The van der Waals surface area contributed by atoms with Crippen LogP contribution in [0.3, 0.4) is 0 Å². The predicted molar refractivity (Wildman–Crippen MR) is 72.9 cm³/mol. The van der Waals surface area contributed by atoms with E-state index in [9.17, 15) is 9.59 Å². The molecule has 0 aliphatic heterocycles. The molecule has 1 aromatic heterocycles. The zero-order valence-corrected chi connectivity index (χ0v) is 11.7. The van der Waals surface area contributed by atoms with Gasteiger partial charge in [0, 0.05) is 6.20 Å². The van der Waals surface area contributed by atoms with Gasteiger partial charge in [0.15, 0.2) is 0 Å². The van der Waals surface area contributed by atoms with Gasteiger partial charge in [-0.1, -0.05) is 12.7 Å².